The molecule has 0 bridgehead atoms. The molecule has 0 spiro atoms. The summed E-state index contributed by atoms with van der Waals surface area (Å²) < 4.78 is 0. The summed E-state index contributed by atoms with van der Waals surface area (Å²) in [5, 5.41) is 2.16. The number of aromatic nitrogens is 1. The van der Waals surface area contributed by atoms with Crippen LogP contribution in [0.4, 0.5) is 0 Å². The Balaban J connectivity index is 2.00. The molecule has 0 radical (unpaired) electrons. The fourth-order valence-electron chi connectivity index (χ4n) is 2.47. The number of hydrogen-bond donors (Lipinski definition) is 0. The van der Waals surface area contributed by atoms with Crippen molar-refractivity contribution in [1.29, 1.82) is 0 Å². The first kappa shape index (κ1) is 13.4. The van der Waals surface area contributed by atoms with Crippen molar-refractivity contribution >= 4 is 28.3 Å². The summed E-state index contributed by atoms with van der Waals surface area (Å²) in [6, 6.07) is 7.66. The standard InChI is InChI=1S/C16H17ClN2O/c1-2-19(10-11-7-8-11)16(20)14-9-18-15(17)13-6-4-3-5-12(13)14/h3-6,9,11H,2,7-8,10H2,1H3. The SMILES string of the molecule is CCN(CC1CC1)C(=O)c1cnc(Cl)c2ccccc12. The van der Waals surface area contributed by atoms with Gasteiger partial charge in [0.25, 0.3) is 5.91 Å². The lowest BCUT2D eigenvalue weighted by Gasteiger charge is -2.21. The summed E-state index contributed by atoms with van der Waals surface area (Å²) in [6.45, 7) is 3.60. The van der Waals surface area contributed by atoms with Crippen LogP contribution in [0.5, 0.6) is 0 Å². The summed E-state index contributed by atoms with van der Waals surface area (Å²) in [6.07, 6.45) is 4.08. The minimum atomic E-state index is 0.0553. The highest BCUT2D eigenvalue weighted by Gasteiger charge is 2.27. The molecule has 1 aliphatic rings. The molecule has 0 aliphatic heterocycles. The van der Waals surface area contributed by atoms with Gasteiger partial charge in [-0.25, -0.2) is 4.98 Å². The van der Waals surface area contributed by atoms with E-state index in [9.17, 15) is 4.79 Å². The maximum atomic E-state index is 12.7. The van der Waals surface area contributed by atoms with Gasteiger partial charge in [-0.15, -0.1) is 0 Å². The molecule has 2 aromatic rings. The van der Waals surface area contributed by atoms with Crippen molar-refractivity contribution in [3.63, 3.8) is 0 Å². The average molecular weight is 289 g/mol. The highest BCUT2D eigenvalue weighted by molar-refractivity contribution is 6.34. The van der Waals surface area contributed by atoms with E-state index in [4.69, 9.17) is 11.6 Å². The first-order chi connectivity index (χ1) is 9.70. The number of carbonyl (C=O) groups excluding carboxylic acids is 1. The van der Waals surface area contributed by atoms with Crippen LogP contribution in [-0.4, -0.2) is 28.9 Å². The molecule has 20 heavy (non-hydrogen) atoms. The second kappa shape index (κ2) is 5.41. The highest BCUT2D eigenvalue weighted by Crippen LogP contribution is 2.31. The van der Waals surface area contributed by atoms with Crippen molar-refractivity contribution in [1.82, 2.24) is 9.88 Å². The minimum Gasteiger partial charge on any atom is -0.339 e. The number of amides is 1. The largest absolute Gasteiger partial charge is 0.339 e. The summed E-state index contributed by atoms with van der Waals surface area (Å²) in [5.74, 6) is 0.741. The zero-order valence-corrected chi connectivity index (χ0v) is 12.2. The highest BCUT2D eigenvalue weighted by atomic mass is 35.5. The quantitative estimate of drug-likeness (QED) is 0.803. The molecule has 104 valence electrons. The normalized spacial score (nSPS) is 14.5. The topological polar surface area (TPSA) is 33.2 Å². The Hall–Kier alpha value is -1.61. The average Bonchev–Trinajstić information content (AvgIpc) is 3.29. The molecule has 1 aliphatic carbocycles. The van der Waals surface area contributed by atoms with Gasteiger partial charge in [0.1, 0.15) is 5.15 Å². The maximum Gasteiger partial charge on any atom is 0.256 e. The van der Waals surface area contributed by atoms with E-state index in [1.807, 2.05) is 36.1 Å². The molecule has 0 atom stereocenters. The van der Waals surface area contributed by atoms with Crippen LogP contribution >= 0.6 is 11.6 Å². The fraction of sp³-hybridized carbons (Fsp3) is 0.375. The third kappa shape index (κ3) is 2.50. The lowest BCUT2D eigenvalue weighted by molar-refractivity contribution is 0.0758. The summed E-state index contributed by atoms with van der Waals surface area (Å²) in [7, 11) is 0. The van der Waals surface area contributed by atoms with Gasteiger partial charge in [0, 0.05) is 24.7 Å². The maximum absolute atomic E-state index is 12.7. The Bertz CT molecular complexity index is 652. The van der Waals surface area contributed by atoms with Crippen molar-refractivity contribution in [2.75, 3.05) is 13.1 Å². The summed E-state index contributed by atoms with van der Waals surface area (Å²) >= 11 is 6.11. The first-order valence-electron chi connectivity index (χ1n) is 7.03. The smallest absolute Gasteiger partial charge is 0.256 e. The van der Waals surface area contributed by atoms with Gasteiger partial charge in [0.15, 0.2) is 0 Å². The molecular weight excluding hydrogens is 272 g/mol. The number of hydrogen-bond acceptors (Lipinski definition) is 2. The number of nitrogens with zero attached hydrogens (tertiary/aromatic N) is 2. The predicted octanol–water partition coefficient (Wildman–Crippen LogP) is 3.76. The van der Waals surface area contributed by atoms with Gasteiger partial charge in [-0.1, -0.05) is 35.9 Å². The number of rotatable bonds is 4. The summed E-state index contributed by atoms with van der Waals surface area (Å²) in [5.41, 5.74) is 0.646. The van der Waals surface area contributed by atoms with Crippen LogP contribution in [0.3, 0.4) is 0 Å². The van der Waals surface area contributed by atoms with E-state index in [0.29, 0.717) is 16.6 Å². The number of pyridine rings is 1. The molecular formula is C16H17ClN2O. The van der Waals surface area contributed by atoms with Gasteiger partial charge in [0.2, 0.25) is 0 Å². The third-order valence-corrected chi connectivity index (χ3v) is 4.12. The van der Waals surface area contributed by atoms with Crippen molar-refractivity contribution < 1.29 is 4.79 Å². The van der Waals surface area contributed by atoms with E-state index in [0.717, 1.165) is 23.9 Å². The van der Waals surface area contributed by atoms with Crippen LogP contribution in [0.1, 0.15) is 30.1 Å². The first-order valence-corrected chi connectivity index (χ1v) is 7.41. The molecule has 1 heterocycles. The zero-order valence-electron chi connectivity index (χ0n) is 11.5. The van der Waals surface area contributed by atoms with Crippen LogP contribution in [-0.2, 0) is 0 Å². The Morgan fingerprint density at radius 2 is 2.05 bits per heavy atom. The lowest BCUT2D eigenvalue weighted by Crippen LogP contribution is -2.32. The Morgan fingerprint density at radius 1 is 1.35 bits per heavy atom. The molecule has 0 unspecified atom stereocenters. The molecule has 0 N–H and O–H groups in total. The van der Waals surface area contributed by atoms with E-state index in [-0.39, 0.29) is 5.91 Å². The number of fused-ring (bicyclic) bond motifs is 1. The van der Waals surface area contributed by atoms with E-state index >= 15 is 0 Å². The number of halogens is 1. The summed E-state index contributed by atoms with van der Waals surface area (Å²) in [4.78, 5) is 18.8. The van der Waals surface area contributed by atoms with Gasteiger partial charge in [-0.3, -0.25) is 4.79 Å². The molecule has 3 rings (SSSR count). The van der Waals surface area contributed by atoms with Crippen LogP contribution < -0.4 is 0 Å². The van der Waals surface area contributed by atoms with E-state index < -0.39 is 0 Å². The third-order valence-electron chi connectivity index (χ3n) is 3.82. The van der Waals surface area contributed by atoms with Crippen LogP contribution in [0.2, 0.25) is 5.15 Å². The monoisotopic (exact) mass is 288 g/mol. The van der Waals surface area contributed by atoms with Gasteiger partial charge < -0.3 is 4.90 Å². The van der Waals surface area contributed by atoms with Gasteiger partial charge in [0.05, 0.1) is 5.56 Å². The molecule has 4 heteroatoms. The second-order valence-electron chi connectivity index (χ2n) is 5.30. The molecule has 1 saturated carbocycles. The molecule has 1 fully saturated rings. The number of carbonyl (C=O) groups is 1. The molecule has 3 nitrogen and oxygen atoms in total. The van der Waals surface area contributed by atoms with Gasteiger partial charge in [-0.05, 0) is 31.1 Å². The van der Waals surface area contributed by atoms with E-state index in [2.05, 4.69) is 4.98 Å². The van der Waals surface area contributed by atoms with Gasteiger partial charge >= 0.3 is 0 Å². The second-order valence-corrected chi connectivity index (χ2v) is 5.65. The van der Waals surface area contributed by atoms with Crippen molar-refractivity contribution in [2.24, 2.45) is 5.92 Å². The molecule has 1 aromatic heterocycles. The predicted molar refractivity (Wildman–Crippen MR) is 81.1 cm³/mol. The fourth-order valence-corrected chi connectivity index (χ4v) is 2.68. The Morgan fingerprint density at radius 3 is 2.70 bits per heavy atom. The van der Waals surface area contributed by atoms with E-state index in [1.165, 1.54) is 12.8 Å². The van der Waals surface area contributed by atoms with Crippen LogP contribution in [0.15, 0.2) is 30.5 Å². The van der Waals surface area contributed by atoms with E-state index in [1.54, 1.807) is 6.20 Å². The van der Waals surface area contributed by atoms with Crippen LogP contribution in [0.25, 0.3) is 10.8 Å². The minimum absolute atomic E-state index is 0.0553. The van der Waals surface area contributed by atoms with Crippen LogP contribution in [0, 0.1) is 5.92 Å². The van der Waals surface area contributed by atoms with Gasteiger partial charge in [-0.2, -0.15) is 0 Å². The van der Waals surface area contributed by atoms with Crippen molar-refractivity contribution in [3.05, 3.63) is 41.2 Å². The Labute approximate surface area is 123 Å². The molecule has 1 aromatic carbocycles. The Kier molecular flexibility index (Phi) is 3.62. The molecule has 0 saturated heterocycles. The molecule has 1 amide bonds. The number of benzene rings is 1. The van der Waals surface area contributed by atoms with Crippen molar-refractivity contribution in [3.8, 4) is 0 Å². The van der Waals surface area contributed by atoms with Crippen molar-refractivity contribution in [2.45, 2.75) is 19.8 Å². The lowest BCUT2D eigenvalue weighted by atomic mass is 10.1. The zero-order chi connectivity index (χ0) is 14.1.